The molecule has 7 heteroatoms. The third-order valence-electron chi connectivity index (χ3n) is 5.53. The van der Waals surface area contributed by atoms with Gasteiger partial charge < -0.3 is 20.5 Å². The SMILES string of the molecule is CCC1CN(C(=O)NCC2CC2)CC1Nc1c(C#N)cnc2[nH]ccc12. The average Bonchev–Trinajstić information content (AvgIpc) is 3.20. The normalized spacial score (nSPS) is 22.4. The number of H-pyrrole nitrogens is 1. The number of nitriles is 1. The molecule has 0 bridgehead atoms. The van der Waals surface area contributed by atoms with Gasteiger partial charge >= 0.3 is 6.03 Å². The average molecular weight is 352 g/mol. The molecule has 2 aliphatic rings. The van der Waals surface area contributed by atoms with Crippen LogP contribution in [0.5, 0.6) is 0 Å². The fourth-order valence-electron chi connectivity index (χ4n) is 3.71. The molecule has 2 atom stereocenters. The minimum atomic E-state index is 0.0293. The van der Waals surface area contributed by atoms with Gasteiger partial charge in [-0.3, -0.25) is 0 Å². The van der Waals surface area contributed by atoms with E-state index in [0.29, 0.717) is 23.9 Å². The lowest BCUT2D eigenvalue weighted by Gasteiger charge is -2.21. The van der Waals surface area contributed by atoms with E-state index in [2.05, 4.69) is 33.6 Å². The molecule has 26 heavy (non-hydrogen) atoms. The number of carbonyl (C=O) groups excluding carboxylic acids is 1. The minimum absolute atomic E-state index is 0.0293. The molecule has 0 spiro atoms. The highest BCUT2D eigenvalue weighted by Gasteiger charge is 2.35. The number of rotatable bonds is 5. The molecule has 2 amide bonds. The largest absolute Gasteiger partial charge is 0.378 e. The van der Waals surface area contributed by atoms with E-state index in [1.807, 2.05) is 17.2 Å². The Bertz CT molecular complexity index is 849. The zero-order valence-corrected chi connectivity index (χ0v) is 15.0. The Labute approximate surface area is 152 Å². The molecule has 1 saturated heterocycles. The molecule has 2 unspecified atom stereocenters. The number of aromatic amines is 1. The molecule has 2 fully saturated rings. The van der Waals surface area contributed by atoms with Crippen LogP contribution in [0.15, 0.2) is 18.5 Å². The molecular weight excluding hydrogens is 328 g/mol. The maximum absolute atomic E-state index is 12.5. The molecule has 2 aromatic rings. The summed E-state index contributed by atoms with van der Waals surface area (Å²) in [5.74, 6) is 1.03. The number of amides is 2. The van der Waals surface area contributed by atoms with Gasteiger partial charge in [-0.15, -0.1) is 0 Å². The highest BCUT2D eigenvalue weighted by Crippen LogP contribution is 2.30. The van der Waals surface area contributed by atoms with Crippen molar-refractivity contribution >= 4 is 22.8 Å². The molecule has 0 radical (unpaired) electrons. The van der Waals surface area contributed by atoms with Crippen LogP contribution in [-0.4, -0.2) is 46.6 Å². The van der Waals surface area contributed by atoms with E-state index in [0.717, 1.165) is 36.2 Å². The van der Waals surface area contributed by atoms with Gasteiger partial charge in [0.1, 0.15) is 11.7 Å². The number of carbonyl (C=O) groups is 1. The number of nitrogens with one attached hydrogen (secondary N) is 3. The third kappa shape index (κ3) is 3.19. The van der Waals surface area contributed by atoms with E-state index < -0.39 is 0 Å². The fraction of sp³-hybridized carbons (Fsp3) is 0.526. The summed E-state index contributed by atoms with van der Waals surface area (Å²) in [6.45, 7) is 4.33. The summed E-state index contributed by atoms with van der Waals surface area (Å²) in [6.07, 6.45) is 6.86. The summed E-state index contributed by atoms with van der Waals surface area (Å²) in [7, 11) is 0. The Morgan fingerprint density at radius 3 is 3.04 bits per heavy atom. The standard InChI is InChI=1S/C19H24N6O/c1-2-13-10-25(19(26)23-8-12-3-4-12)11-16(13)24-17-14(7-20)9-22-18-15(17)5-6-21-18/h5-6,9,12-13,16H,2-4,8,10-11H2,1H3,(H,23,26)(H2,21,22,24). The van der Waals surface area contributed by atoms with Crippen molar-refractivity contribution in [3.63, 3.8) is 0 Å². The van der Waals surface area contributed by atoms with Crippen LogP contribution < -0.4 is 10.6 Å². The van der Waals surface area contributed by atoms with Gasteiger partial charge in [0, 0.05) is 43.5 Å². The molecule has 0 aromatic carbocycles. The smallest absolute Gasteiger partial charge is 0.317 e. The Balaban J connectivity index is 1.51. The molecule has 7 nitrogen and oxygen atoms in total. The topological polar surface area (TPSA) is 96.8 Å². The number of hydrogen-bond donors (Lipinski definition) is 3. The van der Waals surface area contributed by atoms with E-state index in [-0.39, 0.29) is 12.1 Å². The van der Waals surface area contributed by atoms with Gasteiger partial charge in [-0.25, -0.2) is 9.78 Å². The number of urea groups is 1. The number of aromatic nitrogens is 2. The predicted molar refractivity (Wildman–Crippen MR) is 99.7 cm³/mol. The van der Waals surface area contributed by atoms with Crippen LogP contribution in [0.3, 0.4) is 0 Å². The Morgan fingerprint density at radius 1 is 1.46 bits per heavy atom. The summed E-state index contributed by atoms with van der Waals surface area (Å²) < 4.78 is 0. The number of fused-ring (bicyclic) bond motifs is 1. The molecule has 3 heterocycles. The summed E-state index contributed by atoms with van der Waals surface area (Å²) >= 11 is 0. The van der Waals surface area contributed by atoms with E-state index in [1.54, 1.807) is 6.20 Å². The van der Waals surface area contributed by atoms with Crippen molar-refractivity contribution in [1.29, 1.82) is 5.26 Å². The van der Waals surface area contributed by atoms with Crippen molar-refractivity contribution in [3.8, 4) is 6.07 Å². The minimum Gasteiger partial charge on any atom is -0.378 e. The fourth-order valence-corrected chi connectivity index (χ4v) is 3.71. The van der Waals surface area contributed by atoms with E-state index in [9.17, 15) is 10.1 Å². The van der Waals surface area contributed by atoms with Crippen molar-refractivity contribution in [2.45, 2.75) is 32.2 Å². The second-order valence-corrected chi connectivity index (χ2v) is 7.35. The molecule has 3 N–H and O–H groups in total. The summed E-state index contributed by atoms with van der Waals surface area (Å²) in [5.41, 5.74) is 2.10. The second-order valence-electron chi connectivity index (χ2n) is 7.35. The summed E-state index contributed by atoms with van der Waals surface area (Å²) in [4.78, 5) is 21.7. The van der Waals surface area contributed by atoms with Crippen molar-refractivity contribution in [2.75, 3.05) is 25.0 Å². The molecule has 136 valence electrons. The summed E-state index contributed by atoms with van der Waals surface area (Å²) in [5, 5.41) is 17.0. The van der Waals surface area contributed by atoms with Crippen molar-refractivity contribution in [1.82, 2.24) is 20.2 Å². The molecule has 1 aliphatic heterocycles. The van der Waals surface area contributed by atoms with Gasteiger partial charge in [0.15, 0.2) is 0 Å². The lowest BCUT2D eigenvalue weighted by atomic mass is 10.00. The van der Waals surface area contributed by atoms with Crippen LogP contribution in [0.4, 0.5) is 10.5 Å². The van der Waals surface area contributed by atoms with Crippen LogP contribution in [0.2, 0.25) is 0 Å². The Morgan fingerprint density at radius 2 is 2.31 bits per heavy atom. The monoisotopic (exact) mass is 352 g/mol. The third-order valence-corrected chi connectivity index (χ3v) is 5.53. The van der Waals surface area contributed by atoms with Gasteiger partial charge in [-0.1, -0.05) is 6.92 Å². The quantitative estimate of drug-likeness (QED) is 0.771. The lowest BCUT2D eigenvalue weighted by molar-refractivity contribution is 0.206. The van der Waals surface area contributed by atoms with Crippen molar-refractivity contribution in [2.24, 2.45) is 11.8 Å². The van der Waals surface area contributed by atoms with Crippen LogP contribution in [0.1, 0.15) is 31.7 Å². The van der Waals surface area contributed by atoms with Crippen LogP contribution in [0.25, 0.3) is 11.0 Å². The van der Waals surface area contributed by atoms with Gasteiger partial charge in [0.05, 0.1) is 11.3 Å². The molecule has 1 aliphatic carbocycles. The van der Waals surface area contributed by atoms with Crippen molar-refractivity contribution in [3.05, 3.63) is 24.0 Å². The van der Waals surface area contributed by atoms with E-state index in [4.69, 9.17) is 0 Å². The Kier molecular flexibility index (Phi) is 4.41. The van der Waals surface area contributed by atoms with Crippen LogP contribution in [0, 0.1) is 23.2 Å². The second kappa shape index (κ2) is 6.87. The maximum Gasteiger partial charge on any atom is 0.317 e. The lowest BCUT2D eigenvalue weighted by Crippen LogP contribution is -2.40. The number of hydrogen-bond acceptors (Lipinski definition) is 4. The van der Waals surface area contributed by atoms with Gasteiger partial charge in [-0.2, -0.15) is 5.26 Å². The molecule has 4 rings (SSSR count). The highest BCUT2D eigenvalue weighted by molar-refractivity contribution is 5.92. The van der Waals surface area contributed by atoms with Crippen LogP contribution in [-0.2, 0) is 0 Å². The first-order valence-electron chi connectivity index (χ1n) is 9.35. The number of likely N-dealkylation sites (tertiary alicyclic amines) is 1. The molecule has 2 aromatic heterocycles. The summed E-state index contributed by atoms with van der Waals surface area (Å²) in [6, 6.07) is 4.31. The zero-order chi connectivity index (χ0) is 18.1. The van der Waals surface area contributed by atoms with Gasteiger partial charge in [0.2, 0.25) is 0 Å². The highest BCUT2D eigenvalue weighted by atomic mass is 16.2. The first kappa shape index (κ1) is 16.7. The van der Waals surface area contributed by atoms with Crippen molar-refractivity contribution < 1.29 is 4.79 Å². The number of anilines is 1. The zero-order valence-electron chi connectivity index (χ0n) is 15.0. The van der Waals surface area contributed by atoms with E-state index in [1.165, 1.54) is 12.8 Å². The van der Waals surface area contributed by atoms with E-state index >= 15 is 0 Å². The molecule has 1 saturated carbocycles. The maximum atomic E-state index is 12.5. The van der Waals surface area contributed by atoms with Crippen LogP contribution >= 0.6 is 0 Å². The predicted octanol–water partition coefficient (Wildman–Crippen LogP) is 2.68. The van der Waals surface area contributed by atoms with Gasteiger partial charge in [0.25, 0.3) is 0 Å². The van der Waals surface area contributed by atoms with Gasteiger partial charge in [-0.05, 0) is 37.2 Å². The number of pyridine rings is 1. The first-order chi connectivity index (χ1) is 12.7. The molecular formula is C19H24N6O. The first-order valence-corrected chi connectivity index (χ1v) is 9.35. The Hall–Kier alpha value is -2.75. The number of nitrogens with zero attached hydrogens (tertiary/aromatic N) is 3.